The highest BCUT2D eigenvalue weighted by molar-refractivity contribution is 7.89. The number of nitrogens with zero attached hydrogens (tertiary/aromatic N) is 1. The summed E-state index contributed by atoms with van der Waals surface area (Å²) in [6.07, 6.45) is 1.35. The zero-order valence-electron chi connectivity index (χ0n) is 18.3. The van der Waals surface area contributed by atoms with Gasteiger partial charge in [0, 0.05) is 25.2 Å². The van der Waals surface area contributed by atoms with E-state index in [1.807, 2.05) is 25.1 Å². The first kappa shape index (κ1) is 24.6. The minimum Gasteiger partial charge on any atom is -0.456 e. The molecule has 0 fully saturated rings. The Hall–Kier alpha value is -2.71. The quantitative estimate of drug-likeness (QED) is 0.534. The minimum absolute atomic E-state index is 0.0980. The first-order chi connectivity index (χ1) is 14.8. The average Bonchev–Trinajstić information content (AvgIpc) is 2.77. The summed E-state index contributed by atoms with van der Waals surface area (Å²) >= 11 is 0. The van der Waals surface area contributed by atoms with E-state index in [2.05, 4.69) is 5.32 Å². The molecule has 0 aromatic heterocycles. The SMILES string of the molecule is CCc1cccc(NC(=O)COC(=O)CCc2ccc(S(=O)(=O)N(CC)CC)cc2)c1. The third kappa shape index (κ3) is 7.18. The number of benzene rings is 2. The molecule has 0 heterocycles. The Morgan fingerprint density at radius 1 is 0.968 bits per heavy atom. The summed E-state index contributed by atoms with van der Waals surface area (Å²) in [5, 5.41) is 2.71. The van der Waals surface area contributed by atoms with Crippen LogP contribution in [0.2, 0.25) is 0 Å². The minimum atomic E-state index is -3.50. The standard InChI is InChI=1S/C23H30N2O5S/c1-4-18-8-7-9-20(16-18)24-22(26)17-30-23(27)15-12-19-10-13-21(14-11-19)31(28,29)25(5-2)6-3/h7-11,13-14,16H,4-6,12,15,17H2,1-3H3,(H,24,26). The van der Waals surface area contributed by atoms with Crippen LogP contribution in [0.1, 0.15) is 38.3 Å². The molecule has 0 unspecified atom stereocenters. The van der Waals surface area contributed by atoms with Crippen molar-refractivity contribution in [1.82, 2.24) is 4.31 Å². The maximum atomic E-state index is 12.5. The van der Waals surface area contributed by atoms with Gasteiger partial charge in [-0.25, -0.2) is 8.42 Å². The summed E-state index contributed by atoms with van der Waals surface area (Å²) in [5.41, 5.74) is 2.59. The molecule has 0 saturated heterocycles. The molecule has 0 aliphatic rings. The largest absolute Gasteiger partial charge is 0.456 e. The van der Waals surface area contributed by atoms with Crippen molar-refractivity contribution in [3.05, 3.63) is 59.7 Å². The number of carbonyl (C=O) groups excluding carboxylic acids is 2. The van der Waals surface area contributed by atoms with Crippen LogP contribution >= 0.6 is 0 Å². The number of amides is 1. The van der Waals surface area contributed by atoms with Gasteiger partial charge in [0.05, 0.1) is 4.90 Å². The molecule has 0 atom stereocenters. The topological polar surface area (TPSA) is 92.8 Å². The number of rotatable bonds is 11. The van der Waals surface area contributed by atoms with Gasteiger partial charge in [0.15, 0.2) is 6.61 Å². The van der Waals surface area contributed by atoms with Gasteiger partial charge in [-0.1, -0.05) is 45.0 Å². The summed E-state index contributed by atoms with van der Waals surface area (Å²) in [6, 6.07) is 14.0. The van der Waals surface area contributed by atoms with Crippen LogP contribution in [-0.4, -0.2) is 44.3 Å². The Kier molecular flexibility index (Phi) is 9.21. The third-order valence-corrected chi connectivity index (χ3v) is 6.93. The lowest BCUT2D eigenvalue weighted by molar-refractivity contribution is -0.147. The van der Waals surface area contributed by atoms with Gasteiger partial charge in [-0.05, 0) is 48.2 Å². The van der Waals surface area contributed by atoms with E-state index in [4.69, 9.17) is 4.74 Å². The van der Waals surface area contributed by atoms with E-state index in [-0.39, 0.29) is 17.9 Å². The second-order valence-electron chi connectivity index (χ2n) is 7.00. The number of ether oxygens (including phenoxy) is 1. The number of carbonyl (C=O) groups is 2. The highest BCUT2D eigenvalue weighted by Gasteiger charge is 2.21. The molecule has 0 spiro atoms. The maximum absolute atomic E-state index is 12.5. The summed E-state index contributed by atoms with van der Waals surface area (Å²) in [4.78, 5) is 24.2. The van der Waals surface area contributed by atoms with Gasteiger partial charge in [-0.3, -0.25) is 9.59 Å². The molecule has 0 aliphatic carbocycles. The fraction of sp³-hybridized carbons (Fsp3) is 0.391. The Balaban J connectivity index is 1.81. The number of nitrogens with one attached hydrogen (secondary N) is 1. The average molecular weight is 447 g/mol. The number of hydrogen-bond donors (Lipinski definition) is 1. The lowest BCUT2D eigenvalue weighted by Gasteiger charge is -2.18. The Morgan fingerprint density at radius 2 is 1.65 bits per heavy atom. The molecule has 2 rings (SSSR count). The first-order valence-electron chi connectivity index (χ1n) is 10.4. The van der Waals surface area contributed by atoms with E-state index >= 15 is 0 Å². The number of aryl methyl sites for hydroxylation is 2. The zero-order chi connectivity index (χ0) is 22.9. The molecule has 1 N–H and O–H groups in total. The van der Waals surface area contributed by atoms with Crippen molar-refractivity contribution in [2.75, 3.05) is 25.0 Å². The van der Waals surface area contributed by atoms with Crippen molar-refractivity contribution in [2.24, 2.45) is 0 Å². The van der Waals surface area contributed by atoms with Crippen LogP contribution in [-0.2, 0) is 37.2 Å². The molecule has 2 aromatic rings. The maximum Gasteiger partial charge on any atom is 0.306 e. The number of esters is 1. The van der Waals surface area contributed by atoms with Gasteiger partial charge in [0.1, 0.15) is 0 Å². The van der Waals surface area contributed by atoms with Gasteiger partial charge in [0.25, 0.3) is 5.91 Å². The molecule has 0 aliphatic heterocycles. The van der Waals surface area contributed by atoms with E-state index in [1.165, 1.54) is 4.31 Å². The van der Waals surface area contributed by atoms with E-state index in [1.54, 1.807) is 44.2 Å². The third-order valence-electron chi connectivity index (χ3n) is 4.87. The predicted octanol–water partition coefficient (Wildman–Crippen LogP) is 3.39. The van der Waals surface area contributed by atoms with Gasteiger partial charge in [-0.15, -0.1) is 0 Å². The Morgan fingerprint density at radius 3 is 2.26 bits per heavy atom. The molecule has 8 heteroatoms. The second-order valence-corrected chi connectivity index (χ2v) is 8.93. The Labute approximate surface area is 184 Å². The van der Waals surface area contributed by atoms with Gasteiger partial charge < -0.3 is 10.1 Å². The number of sulfonamides is 1. The van der Waals surface area contributed by atoms with Crippen LogP contribution in [0.25, 0.3) is 0 Å². The van der Waals surface area contributed by atoms with Crippen molar-refractivity contribution in [3.63, 3.8) is 0 Å². The van der Waals surface area contributed by atoms with Gasteiger partial charge >= 0.3 is 5.97 Å². The van der Waals surface area contributed by atoms with Crippen LogP contribution in [0, 0.1) is 0 Å². The highest BCUT2D eigenvalue weighted by Crippen LogP contribution is 2.17. The molecule has 0 radical (unpaired) electrons. The summed E-state index contributed by atoms with van der Waals surface area (Å²) in [7, 11) is -3.50. The smallest absolute Gasteiger partial charge is 0.306 e. The van der Waals surface area contributed by atoms with Crippen LogP contribution < -0.4 is 5.32 Å². The number of hydrogen-bond acceptors (Lipinski definition) is 5. The molecule has 31 heavy (non-hydrogen) atoms. The fourth-order valence-electron chi connectivity index (χ4n) is 3.07. The summed E-state index contributed by atoms with van der Waals surface area (Å²) < 4.78 is 31.4. The van der Waals surface area contributed by atoms with Crippen molar-refractivity contribution < 1.29 is 22.7 Å². The van der Waals surface area contributed by atoms with Crippen molar-refractivity contribution in [1.29, 1.82) is 0 Å². The van der Waals surface area contributed by atoms with E-state index in [9.17, 15) is 18.0 Å². The normalized spacial score (nSPS) is 11.4. The first-order valence-corrected chi connectivity index (χ1v) is 11.9. The molecule has 0 bridgehead atoms. The fourth-order valence-corrected chi connectivity index (χ4v) is 4.53. The number of anilines is 1. The second kappa shape index (κ2) is 11.6. The van der Waals surface area contributed by atoms with Gasteiger partial charge in [0.2, 0.25) is 10.0 Å². The molecule has 0 saturated carbocycles. The summed E-state index contributed by atoms with van der Waals surface area (Å²) in [5.74, 6) is -0.884. The van der Waals surface area contributed by atoms with Crippen LogP contribution in [0.5, 0.6) is 0 Å². The van der Waals surface area contributed by atoms with E-state index < -0.39 is 21.9 Å². The monoisotopic (exact) mass is 446 g/mol. The predicted molar refractivity (Wildman–Crippen MR) is 120 cm³/mol. The van der Waals surface area contributed by atoms with Gasteiger partial charge in [-0.2, -0.15) is 4.31 Å². The van der Waals surface area contributed by atoms with Crippen LogP contribution in [0.3, 0.4) is 0 Å². The molecule has 7 nitrogen and oxygen atoms in total. The summed E-state index contributed by atoms with van der Waals surface area (Å²) in [6.45, 7) is 6.08. The van der Waals surface area contributed by atoms with Crippen LogP contribution in [0.15, 0.2) is 53.4 Å². The molecular formula is C23H30N2O5S. The van der Waals surface area contributed by atoms with Crippen LogP contribution in [0.4, 0.5) is 5.69 Å². The molecule has 168 valence electrons. The zero-order valence-corrected chi connectivity index (χ0v) is 19.1. The van der Waals surface area contributed by atoms with Crippen molar-refractivity contribution in [3.8, 4) is 0 Å². The molecule has 2 aromatic carbocycles. The molecular weight excluding hydrogens is 416 g/mol. The van der Waals surface area contributed by atoms with Crippen molar-refractivity contribution >= 4 is 27.6 Å². The molecule has 1 amide bonds. The highest BCUT2D eigenvalue weighted by atomic mass is 32.2. The Bertz CT molecular complexity index is 983. The van der Waals surface area contributed by atoms with E-state index in [0.717, 1.165) is 17.5 Å². The van der Waals surface area contributed by atoms with Crippen molar-refractivity contribution in [2.45, 2.75) is 44.9 Å². The lowest BCUT2D eigenvalue weighted by atomic mass is 10.1. The lowest BCUT2D eigenvalue weighted by Crippen LogP contribution is -2.30. The van der Waals surface area contributed by atoms with E-state index in [0.29, 0.717) is 25.2 Å².